The van der Waals surface area contributed by atoms with Crippen LogP contribution < -0.4 is 10.9 Å². The van der Waals surface area contributed by atoms with Crippen molar-refractivity contribution in [1.29, 1.82) is 0 Å². The second-order valence-electron chi connectivity index (χ2n) is 5.56. The molecule has 1 saturated carbocycles. The fourth-order valence-electron chi connectivity index (χ4n) is 2.66. The van der Waals surface area contributed by atoms with Gasteiger partial charge in [0.05, 0.1) is 5.56 Å². The van der Waals surface area contributed by atoms with Crippen LogP contribution in [0.25, 0.3) is 0 Å². The van der Waals surface area contributed by atoms with Crippen molar-refractivity contribution in [2.24, 2.45) is 5.92 Å². The lowest BCUT2D eigenvalue weighted by Crippen LogP contribution is -2.42. The molecule has 8 heteroatoms. The molecule has 0 saturated heterocycles. The van der Waals surface area contributed by atoms with Gasteiger partial charge in [-0.25, -0.2) is 0 Å². The molecule has 1 fully saturated rings. The van der Waals surface area contributed by atoms with E-state index in [4.69, 9.17) is 0 Å². The molecule has 1 aromatic heterocycles. The highest BCUT2D eigenvalue weighted by Crippen LogP contribution is 2.50. The van der Waals surface area contributed by atoms with Crippen molar-refractivity contribution in [2.75, 3.05) is 0 Å². The Bertz CT molecular complexity index is 756. The van der Waals surface area contributed by atoms with Gasteiger partial charge in [-0.15, -0.1) is 0 Å². The van der Waals surface area contributed by atoms with E-state index in [9.17, 15) is 22.8 Å². The maximum Gasteiger partial charge on any atom is 0.416 e. The summed E-state index contributed by atoms with van der Waals surface area (Å²) >= 11 is 0. The number of aromatic nitrogens is 1. The van der Waals surface area contributed by atoms with Gasteiger partial charge in [0.25, 0.3) is 5.91 Å². The summed E-state index contributed by atoms with van der Waals surface area (Å²) in [6.45, 7) is 0. The lowest BCUT2D eigenvalue weighted by molar-refractivity contribution is -0.138. The molecule has 0 bridgehead atoms. The Morgan fingerprint density at radius 2 is 1.83 bits per heavy atom. The van der Waals surface area contributed by atoms with Gasteiger partial charge >= 0.3 is 6.18 Å². The Labute approximate surface area is 135 Å². The fraction of sp³-hybridized carbons (Fsp3) is 0.250. The SMILES string of the molecule is O=C(NNC(=O)[C@@H]1C[C@H]1c1ccccc1C(F)(F)F)c1ccc[nH]1. The molecule has 2 amide bonds. The summed E-state index contributed by atoms with van der Waals surface area (Å²) in [7, 11) is 0. The predicted octanol–water partition coefficient (Wildman–Crippen LogP) is 2.60. The number of benzene rings is 1. The van der Waals surface area contributed by atoms with Crippen LogP contribution in [0.4, 0.5) is 13.2 Å². The Morgan fingerprint density at radius 3 is 2.50 bits per heavy atom. The van der Waals surface area contributed by atoms with Gasteiger partial charge in [0.15, 0.2) is 0 Å². The first-order valence-corrected chi connectivity index (χ1v) is 7.27. The maximum absolute atomic E-state index is 13.0. The molecule has 1 aliphatic carbocycles. The van der Waals surface area contributed by atoms with Gasteiger partial charge in [0.1, 0.15) is 5.69 Å². The molecule has 1 aliphatic rings. The molecule has 126 valence electrons. The monoisotopic (exact) mass is 337 g/mol. The van der Waals surface area contributed by atoms with E-state index in [0.717, 1.165) is 6.07 Å². The number of hydrazine groups is 1. The molecule has 5 nitrogen and oxygen atoms in total. The maximum atomic E-state index is 13.0. The van der Waals surface area contributed by atoms with Crippen molar-refractivity contribution in [3.63, 3.8) is 0 Å². The van der Waals surface area contributed by atoms with Crippen molar-refractivity contribution in [2.45, 2.75) is 18.5 Å². The van der Waals surface area contributed by atoms with E-state index in [1.54, 1.807) is 12.3 Å². The largest absolute Gasteiger partial charge is 0.416 e. The number of H-pyrrole nitrogens is 1. The number of carbonyl (C=O) groups excluding carboxylic acids is 2. The number of amides is 2. The zero-order valence-corrected chi connectivity index (χ0v) is 12.4. The van der Waals surface area contributed by atoms with Crippen LogP contribution in [0.5, 0.6) is 0 Å². The number of nitrogens with one attached hydrogen (secondary N) is 3. The summed E-state index contributed by atoms with van der Waals surface area (Å²) < 4.78 is 39.0. The molecule has 3 rings (SSSR count). The second-order valence-corrected chi connectivity index (χ2v) is 5.56. The van der Waals surface area contributed by atoms with Crippen LogP contribution in [0.3, 0.4) is 0 Å². The standard InChI is InChI=1S/C16H14F3N3O2/c17-16(18,19)12-5-2-1-4-9(12)10-8-11(10)14(23)21-22-15(24)13-6-3-7-20-13/h1-7,10-11,20H,8H2,(H,21,23)(H,22,24)/t10-,11+/m0/s1. The third-order valence-electron chi connectivity index (χ3n) is 3.93. The molecular formula is C16H14F3N3O2. The molecule has 0 radical (unpaired) electrons. The molecule has 0 unspecified atom stereocenters. The number of carbonyl (C=O) groups is 2. The summed E-state index contributed by atoms with van der Waals surface area (Å²) in [4.78, 5) is 26.4. The molecule has 2 atom stereocenters. The summed E-state index contributed by atoms with van der Waals surface area (Å²) in [5.74, 6) is -2.11. The Hall–Kier alpha value is -2.77. The van der Waals surface area contributed by atoms with Gasteiger partial charge in [-0.3, -0.25) is 20.4 Å². The predicted molar refractivity (Wildman–Crippen MR) is 78.7 cm³/mol. The van der Waals surface area contributed by atoms with Gasteiger partial charge in [-0.1, -0.05) is 18.2 Å². The van der Waals surface area contributed by atoms with Crippen LogP contribution in [-0.4, -0.2) is 16.8 Å². The van der Waals surface area contributed by atoms with Crippen LogP contribution in [0.15, 0.2) is 42.6 Å². The summed E-state index contributed by atoms with van der Waals surface area (Å²) in [5, 5.41) is 0. The molecule has 3 N–H and O–H groups in total. The zero-order chi connectivity index (χ0) is 17.3. The van der Waals surface area contributed by atoms with Crippen molar-refractivity contribution in [3.05, 3.63) is 59.4 Å². The molecule has 0 aliphatic heterocycles. The van der Waals surface area contributed by atoms with Crippen molar-refractivity contribution >= 4 is 11.8 Å². The van der Waals surface area contributed by atoms with Gasteiger partial charge in [-0.2, -0.15) is 13.2 Å². The number of hydrogen-bond donors (Lipinski definition) is 3. The van der Waals surface area contributed by atoms with E-state index < -0.39 is 35.4 Å². The van der Waals surface area contributed by atoms with E-state index in [-0.39, 0.29) is 11.3 Å². The van der Waals surface area contributed by atoms with E-state index in [1.807, 2.05) is 0 Å². The van der Waals surface area contributed by atoms with E-state index in [2.05, 4.69) is 15.8 Å². The lowest BCUT2D eigenvalue weighted by atomic mass is 10.0. The minimum Gasteiger partial charge on any atom is -0.357 e. The van der Waals surface area contributed by atoms with E-state index in [0.29, 0.717) is 6.42 Å². The molecule has 2 aromatic rings. The first-order valence-electron chi connectivity index (χ1n) is 7.27. The lowest BCUT2D eigenvalue weighted by Gasteiger charge is -2.12. The number of aromatic amines is 1. The quantitative estimate of drug-likeness (QED) is 0.753. The third-order valence-corrected chi connectivity index (χ3v) is 3.93. The number of alkyl halides is 3. The summed E-state index contributed by atoms with van der Waals surface area (Å²) in [6, 6.07) is 8.39. The van der Waals surface area contributed by atoms with E-state index >= 15 is 0 Å². The van der Waals surface area contributed by atoms with Gasteiger partial charge in [0.2, 0.25) is 5.91 Å². The summed E-state index contributed by atoms with van der Waals surface area (Å²) in [5.41, 5.74) is 4.14. The van der Waals surface area contributed by atoms with Crippen molar-refractivity contribution in [3.8, 4) is 0 Å². The number of rotatable bonds is 3. The van der Waals surface area contributed by atoms with Crippen LogP contribution in [0.2, 0.25) is 0 Å². The zero-order valence-electron chi connectivity index (χ0n) is 12.4. The molecule has 24 heavy (non-hydrogen) atoms. The Kier molecular flexibility index (Phi) is 4.04. The fourth-order valence-corrected chi connectivity index (χ4v) is 2.66. The summed E-state index contributed by atoms with van der Waals surface area (Å²) in [6.07, 6.45) is -2.58. The van der Waals surface area contributed by atoms with Gasteiger partial charge < -0.3 is 4.98 Å². The van der Waals surface area contributed by atoms with E-state index in [1.165, 1.54) is 24.3 Å². The van der Waals surface area contributed by atoms with Crippen molar-refractivity contribution in [1.82, 2.24) is 15.8 Å². The number of halogens is 3. The average Bonchev–Trinajstić information content (AvgIpc) is 3.16. The minimum atomic E-state index is -4.46. The highest BCUT2D eigenvalue weighted by atomic mass is 19.4. The Morgan fingerprint density at radius 1 is 1.08 bits per heavy atom. The van der Waals surface area contributed by atoms with Gasteiger partial charge in [0, 0.05) is 12.1 Å². The van der Waals surface area contributed by atoms with Crippen LogP contribution in [-0.2, 0) is 11.0 Å². The van der Waals surface area contributed by atoms with Crippen LogP contribution in [0, 0.1) is 5.92 Å². The molecular weight excluding hydrogens is 323 g/mol. The smallest absolute Gasteiger partial charge is 0.357 e. The van der Waals surface area contributed by atoms with Crippen molar-refractivity contribution < 1.29 is 22.8 Å². The molecule has 1 aromatic carbocycles. The Balaban J connectivity index is 1.61. The van der Waals surface area contributed by atoms with Gasteiger partial charge in [-0.05, 0) is 36.1 Å². The molecule has 1 heterocycles. The highest BCUT2D eigenvalue weighted by Gasteiger charge is 2.47. The molecule has 0 spiro atoms. The topological polar surface area (TPSA) is 74.0 Å². The first-order chi connectivity index (χ1) is 11.4. The average molecular weight is 337 g/mol. The minimum absolute atomic E-state index is 0.112. The number of hydrogen-bond acceptors (Lipinski definition) is 2. The second kappa shape index (κ2) is 6.03. The third kappa shape index (κ3) is 3.27. The van der Waals surface area contributed by atoms with Crippen LogP contribution >= 0.6 is 0 Å². The normalized spacial score (nSPS) is 19.6. The van der Waals surface area contributed by atoms with Crippen LogP contribution in [0.1, 0.15) is 34.0 Å². The first kappa shape index (κ1) is 16.1. The highest BCUT2D eigenvalue weighted by molar-refractivity contribution is 5.94.